The number of nitrogens with zero attached hydrogens (tertiary/aromatic N) is 2. The van der Waals surface area contributed by atoms with Gasteiger partial charge in [0.05, 0.1) is 5.69 Å². The van der Waals surface area contributed by atoms with Crippen LogP contribution in [0.4, 0.5) is 5.82 Å². The molecule has 0 aromatic carbocycles. The van der Waals surface area contributed by atoms with E-state index >= 15 is 0 Å². The standard InChI is InChI=1S/C25H36N4/c1-16(14-26-5)11-17(2)22(15-27-6)24-18(3)12-19(4)25(29-24)28-23-13-20-7-9-21(23)10-8-20/h11-12,14-15,20-21,23,27H,2,7-10,13H2,1,3-6H3,(H,28,29)/b16-11-,22-15+,26-14?. The normalized spacial score (nSPS) is 24.8. The quantitative estimate of drug-likeness (QED) is 0.479. The molecule has 1 aromatic rings. The third kappa shape index (κ3) is 4.98. The van der Waals surface area contributed by atoms with Gasteiger partial charge in [-0.3, -0.25) is 4.99 Å². The van der Waals surface area contributed by atoms with Crippen molar-refractivity contribution in [3.8, 4) is 0 Å². The van der Waals surface area contributed by atoms with Crippen LogP contribution in [0.5, 0.6) is 0 Å². The minimum atomic E-state index is 0.562. The monoisotopic (exact) mass is 392 g/mol. The van der Waals surface area contributed by atoms with E-state index in [9.17, 15) is 0 Å². The Morgan fingerprint density at radius 1 is 1.21 bits per heavy atom. The molecule has 156 valence electrons. The zero-order valence-electron chi connectivity index (χ0n) is 18.7. The topological polar surface area (TPSA) is 49.3 Å². The van der Waals surface area contributed by atoms with E-state index in [0.717, 1.165) is 45.6 Å². The van der Waals surface area contributed by atoms with Crippen LogP contribution in [0, 0.1) is 25.7 Å². The van der Waals surface area contributed by atoms with Crippen molar-refractivity contribution in [2.24, 2.45) is 16.8 Å². The average molecular weight is 393 g/mol. The Morgan fingerprint density at radius 2 is 1.93 bits per heavy atom. The van der Waals surface area contributed by atoms with Gasteiger partial charge in [0.25, 0.3) is 0 Å². The minimum absolute atomic E-state index is 0.562. The van der Waals surface area contributed by atoms with Crippen molar-refractivity contribution in [2.75, 3.05) is 19.4 Å². The second kappa shape index (κ2) is 9.43. The summed E-state index contributed by atoms with van der Waals surface area (Å²) in [6, 6.07) is 2.80. The maximum atomic E-state index is 5.10. The summed E-state index contributed by atoms with van der Waals surface area (Å²) in [5, 5.41) is 6.99. The molecule has 1 aromatic heterocycles. The molecule has 0 amide bonds. The van der Waals surface area contributed by atoms with Crippen LogP contribution in [-0.2, 0) is 0 Å². The van der Waals surface area contributed by atoms with Crippen molar-refractivity contribution in [1.29, 1.82) is 0 Å². The summed E-state index contributed by atoms with van der Waals surface area (Å²) in [6.45, 7) is 10.6. The van der Waals surface area contributed by atoms with Crippen molar-refractivity contribution in [3.63, 3.8) is 0 Å². The molecule has 0 radical (unpaired) electrons. The first-order valence-corrected chi connectivity index (χ1v) is 10.8. The van der Waals surface area contributed by atoms with Gasteiger partial charge in [0.1, 0.15) is 5.82 Å². The number of aryl methyl sites for hydroxylation is 2. The van der Waals surface area contributed by atoms with Crippen LogP contribution in [0.25, 0.3) is 5.57 Å². The van der Waals surface area contributed by atoms with Gasteiger partial charge in [0, 0.05) is 38.1 Å². The lowest BCUT2D eigenvalue weighted by molar-refractivity contribution is 0.157. The van der Waals surface area contributed by atoms with Crippen LogP contribution < -0.4 is 10.6 Å². The lowest BCUT2D eigenvalue weighted by Gasteiger charge is -2.43. The summed E-state index contributed by atoms with van der Waals surface area (Å²) in [5.41, 5.74) is 6.38. The van der Waals surface area contributed by atoms with Gasteiger partial charge in [-0.1, -0.05) is 31.6 Å². The molecule has 3 fully saturated rings. The smallest absolute Gasteiger partial charge is 0.129 e. The summed E-state index contributed by atoms with van der Waals surface area (Å²) in [5.74, 6) is 2.72. The van der Waals surface area contributed by atoms with Crippen molar-refractivity contribution in [2.45, 2.75) is 58.9 Å². The predicted octanol–water partition coefficient (Wildman–Crippen LogP) is 5.45. The fourth-order valence-electron chi connectivity index (χ4n) is 4.95. The van der Waals surface area contributed by atoms with Crippen LogP contribution >= 0.6 is 0 Å². The Labute approximate surface area is 176 Å². The Bertz CT molecular complexity index is 839. The maximum absolute atomic E-state index is 5.10. The van der Waals surface area contributed by atoms with Gasteiger partial charge in [-0.25, -0.2) is 4.98 Å². The van der Waals surface area contributed by atoms with Gasteiger partial charge in [-0.05, 0) is 74.1 Å². The molecule has 0 aliphatic heterocycles. The van der Waals surface area contributed by atoms with E-state index in [0.29, 0.717) is 6.04 Å². The van der Waals surface area contributed by atoms with E-state index in [2.05, 4.69) is 48.2 Å². The lowest BCUT2D eigenvalue weighted by atomic mass is 9.68. The Kier molecular flexibility index (Phi) is 6.94. The molecule has 29 heavy (non-hydrogen) atoms. The Hall–Kier alpha value is -2.36. The Morgan fingerprint density at radius 3 is 2.52 bits per heavy atom. The molecular weight excluding hydrogens is 356 g/mol. The van der Waals surface area contributed by atoms with Crippen LogP contribution in [-0.4, -0.2) is 31.3 Å². The number of allylic oxidation sites excluding steroid dienone is 4. The maximum Gasteiger partial charge on any atom is 0.129 e. The van der Waals surface area contributed by atoms with Gasteiger partial charge in [-0.15, -0.1) is 0 Å². The van der Waals surface area contributed by atoms with Gasteiger partial charge in [0.15, 0.2) is 0 Å². The zero-order chi connectivity index (χ0) is 21.0. The minimum Gasteiger partial charge on any atom is -0.393 e. The van der Waals surface area contributed by atoms with Crippen molar-refractivity contribution in [1.82, 2.24) is 10.3 Å². The summed E-state index contributed by atoms with van der Waals surface area (Å²) >= 11 is 0. The largest absolute Gasteiger partial charge is 0.393 e. The molecule has 3 aliphatic rings. The number of hydrogen-bond donors (Lipinski definition) is 2. The molecule has 2 bridgehead atoms. The van der Waals surface area contributed by atoms with E-state index in [1.54, 1.807) is 7.05 Å². The predicted molar refractivity (Wildman–Crippen MR) is 126 cm³/mol. The fraction of sp³-hybridized carbons (Fsp3) is 0.520. The van der Waals surface area contributed by atoms with Crippen LogP contribution in [0.15, 0.2) is 41.1 Å². The van der Waals surface area contributed by atoms with E-state index < -0.39 is 0 Å². The molecule has 0 saturated heterocycles. The van der Waals surface area contributed by atoms with Gasteiger partial charge in [-0.2, -0.15) is 0 Å². The molecule has 2 N–H and O–H groups in total. The second-order valence-corrected chi connectivity index (χ2v) is 8.73. The molecule has 1 atom stereocenters. The van der Waals surface area contributed by atoms with Crippen molar-refractivity contribution < 1.29 is 0 Å². The molecule has 4 rings (SSSR count). The molecule has 0 spiro atoms. The fourth-order valence-corrected chi connectivity index (χ4v) is 4.95. The average Bonchev–Trinajstić information content (AvgIpc) is 2.69. The van der Waals surface area contributed by atoms with Gasteiger partial charge >= 0.3 is 0 Å². The van der Waals surface area contributed by atoms with Crippen molar-refractivity contribution in [3.05, 3.63) is 52.9 Å². The first-order chi connectivity index (χ1) is 13.9. The molecule has 4 heteroatoms. The number of fused-ring (bicyclic) bond motifs is 3. The number of pyridine rings is 1. The summed E-state index contributed by atoms with van der Waals surface area (Å²) < 4.78 is 0. The van der Waals surface area contributed by atoms with E-state index in [-0.39, 0.29) is 0 Å². The van der Waals surface area contributed by atoms with E-state index in [1.165, 1.54) is 37.7 Å². The molecule has 4 nitrogen and oxygen atoms in total. The summed E-state index contributed by atoms with van der Waals surface area (Å²) in [4.78, 5) is 9.20. The summed E-state index contributed by atoms with van der Waals surface area (Å²) in [6.07, 6.45) is 12.8. The second-order valence-electron chi connectivity index (χ2n) is 8.73. The molecule has 1 heterocycles. The highest BCUT2D eigenvalue weighted by Crippen LogP contribution is 2.42. The van der Waals surface area contributed by atoms with Crippen LogP contribution in [0.3, 0.4) is 0 Å². The number of aromatic nitrogens is 1. The van der Waals surface area contributed by atoms with E-state index in [1.807, 2.05) is 26.4 Å². The third-order valence-electron chi connectivity index (χ3n) is 6.40. The number of hydrogen-bond acceptors (Lipinski definition) is 4. The SMILES string of the molecule is C=C(/C=C(/C)C=NC)/C(=C\NC)c1nc(NC2CC3CCC2CC3)c(C)cc1C. The number of nitrogens with one attached hydrogen (secondary N) is 2. The number of aliphatic imine (C=N–C) groups is 1. The molecule has 1 unspecified atom stereocenters. The van der Waals surface area contributed by atoms with Crippen LogP contribution in [0.1, 0.15) is 55.8 Å². The third-order valence-corrected chi connectivity index (χ3v) is 6.40. The zero-order valence-corrected chi connectivity index (χ0v) is 18.7. The highest BCUT2D eigenvalue weighted by Gasteiger charge is 2.35. The Balaban J connectivity index is 1.91. The van der Waals surface area contributed by atoms with Gasteiger partial charge in [0.2, 0.25) is 0 Å². The molecule has 3 saturated carbocycles. The molecule has 3 aliphatic carbocycles. The number of rotatable bonds is 7. The van der Waals surface area contributed by atoms with Gasteiger partial charge < -0.3 is 10.6 Å². The first-order valence-electron chi connectivity index (χ1n) is 10.8. The number of anilines is 1. The van der Waals surface area contributed by atoms with Crippen LogP contribution in [0.2, 0.25) is 0 Å². The lowest BCUT2D eigenvalue weighted by Crippen LogP contribution is -2.40. The van der Waals surface area contributed by atoms with Crippen molar-refractivity contribution >= 4 is 17.6 Å². The highest BCUT2D eigenvalue weighted by molar-refractivity contribution is 5.85. The van der Waals surface area contributed by atoms with E-state index in [4.69, 9.17) is 4.98 Å². The molecular formula is C25H36N4. The first kappa shape index (κ1) is 21.4. The highest BCUT2D eigenvalue weighted by atomic mass is 15.0. The summed E-state index contributed by atoms with van der Waals surface area (Å²) in [7, 11) is 3.70.